The number of carbonyl (C=O) groups excluding carboxylic acids is 1. The van der Waals surface area contributed by atoms with E-state index in [0.29, 0.717) is 0 Å². The molecule has 0 saturated heterocycles. The van der Waals surface area contributed by atoms with Crippen molar-refractivity contribution in [2.75, 3.05) is 12.4 Å². The molecular formula is C13H16N2O2S2. The van der Waals surface area contributed by atoms with Gasteiger partial charge in [0.1, 0.15) is 0 Å². The molecule has 0 saturated carbocycles. The van der Waals surface area contributed by atoms with Crippen LogP contribution in [-0.4, -0.2) is 18.1 Å². The zero-order valence-corrected chi connectivity index (χ0v) is 12.6. The first kappa shape index (κ1) is 14.0. The van der Waals surface area contributed by atoms with E-state index in [0.717, 1.165) is 23.8 Å². The predicted molar refractivity (Wildman–Crippen MR) is 78.9 cm³/mol. The van der Waals surface area contributed by atoms with Crippen molar-refractivity contribution in [2.24, 2.45) is 0 Å². The smallest absolute Gasteiger partial charge is 0.311 e. The van der Waals surface area contributed by atoms with Gasteiger partial charge in [0, 0.05) is 10.3 Å². The van der Waals surface area contributed by atoms with Crippen LogP contribution in [0.3, 0.4) is 0 Å². The van der Waals surface area contributed by atoms with Gasteiger partial charge in [-0.2, -0.15) is 0 Å². The molecule has 0 aromatic carbocycles. The molecule has 0 atom stereocenters. The maximum atomic E-state index is 11.1. The minimum absolute atomic E-state index is 0.230. The van der Waals surface area contributed by atoms with Crippen molar-refractivity contribution in [3.05, 3.63) is 33.0 Å². The van der Waals surface area contributed by atoms with Crippen LogP contribution < -0.4 is 5.32 Å². The molecule has 0 aliphatic rings. The summed E-state index contributed by atoms with van der Waals surface area (Å²) in [6.45, 7) is 2.94. The van der Waals surface area contributed by atoms with E-state index in [1.807, 2.05) is 5.38 Å². The molecule has 0 radical (unpaired) electrons. The van der Waals surface area contributed by atoms with Gasteiger partial charge in [-0.25, -0.2) is 4.98 Å². The van der Waals surface area contributed by atoms with Gasteiger partial charge in [0.2, 0.25) is 0 Å². The minimum atomic E-state index is -0.261. The number of nitrogens with one attached hydrogen (secondary N) is 1. The van der Waals surface area contributed by atoms with Crippen LogP contribution in [0.1, 0.15) is 23.1 Å². The minimum Gasteiger partial charge on any atom is -0.469 e. The van der Waals surface area contributed by atoms with E-state index in [2.05, 4.69) is 33.4 Å². The molecule has 19 heavy (non-hydrogen) atoms. The quantitative estimate of drug-likeness (QED) is 0.832. The number of aryl methyl sites for hydroxylation is 1. The third-order valence-corrected chi connectivity index (χ3v) is 4.54. The van der Waals surface area contributed by atoms with Gasteiger partial charge in [0.25, 0.3) is 0 Å². The summed E-state index contributed by atoms with van der Waals surface area (Å²) >= 11 is 3.27. The molecule has 0 unspecified atom stereocenters. The fourth-order valence-corrected chi connectivity index (χ4v) is 3.31. The first-order valence-corrected chi connectivity index (χ1v) is 7.79. The number of thiazole rings is 1. The van der Waals surface area contributed by atoms with Crippen molar-refractivity contribution in [3.8, 4) is 0 Å². The molecule has 1 N–H and O–H groups in total. The number of hydrogen-bond acceptors (Lipinski definition) is 6. The highest BCUT2D eigenvalue weighted by Gasteiger charge is 2.08. The lowest BCUT2D eigenvalue weighted by Gasteiger charge is -2.02. The highest BCUT2D eigenvalue weighted by Crippen LogP contribution is 2.21. The first-order valence-electron chi connectivity index (χ1n) is 6.03. The van der Waals surface area contributed by atoms with E-state index in [9.17, 15) is 4.79 Å². The highest BCUT2D eigenvalue weighted by molar-refractivity contribution is 7.13. The normalized spacial score (nSPS) is 10.4. The van der Waals surface area contributed by atoms with Gasteiger partial charge in [0.15, 0.2) is 5.13 Å². The average Bonchev–Trinajstić information content (AvgIpc) is 3.04. The summed E-state index contributed by atoms with van der Waals surface area (Å²) in [5.41, 5.74) is 2.13. The SMILES string of the molecule is CCc1ccsc1CNc1nc(CC(=O)OC)cs1. The number of carbonyl (C=O) groups is 1. The number of anilines is 1. The van der Waals surface area contributed by atoms with Crippen molar-refractivity contribution in [3.63, 3.8) is 0 Å². The number of nitrogens with zero attached hydrogens (tertiary/aromatic N) is 1. The molecule has 6 heteroatoms. The van der Waals surface area contributed by atoms with Crippen LogP contribution >= 0.6 is 22.7 Å². The second-order valence-electron chi connectivity index (χ2n) is 3.97. The topological polar surface area (TPSA) is 51.2 Å². The fraction of sp³-hybridized carbons (Fsp3) is 0.385. The Hall–Kier alpha value is -1.40. The van der Waals surface area contributed by atoms with Gasteiger partial charge < -0.3 is 10.1 Å². The van der Waals surface area contributed by atoms with Crippen LogP contribution in [0, 0.1) is 0 Å². The molecule has 0 aliphatic carbocycles. The monoisotopic (exact) mass is 296 g/mol. The lowest BCUT2D eigenvalue weighted by atomic mass is 10.2. The summed E-state index contributed by atoms with van der Waals surface area (Å²) < 4.78 is 4.62. The summed E-state index contributed by atoms with van der Waals surface area (Å²) in [7, 11) is 1.39. The van der Waals surface area contributed by atoms with Gasteiger partial charge in [-0.1, -0.05) is 6.92 Å². The average molecular weight is 296 g/mol. The number of methoxy groups -OCH3 is 1. The molecule has 102 valence electrons. The standard InChI is InChI=1S/C13H16N2O2S2/c1-3-9-4-5-18-11(9)7-14-13-15-10(8-19-13)6-12(16)17-2/h4-5,8H,3,6-7H2,1-2H3,(H,14,15). The number of thiophene rings is 1. The maximum absolute atomic E-state index is 11.1. The van der Waals surface area contributed by atoms with Crippen molar-refractivity contribution < 1.29 is 9.53 Å². The Kier molecular flexibility index (Phi) is 4.93. The summed E-state index contributed by atoms with van der Waals surface area (Å²) in [4.78, 5) is 16.8. The van der Waals surface area contributed by atoms with Gasteiger partial charge in [0.05, 0.1) is 25.8 Å². The zero-order valence-electron chi connectivity index (χ0n) is 10.9. The van der Waals surface area contributed by atoms with E-state index in [1.54, 1.807) is 11.3 Å². The van der Waals surface area contributed by atoms with Crippen molar-refractivity contribution in [1.29, 1.82) is 0 Å². The third-order valence-electron chi connectivity index (χ3n) is 2.72. The van der Waals surface area contributed by atoms with Crippen LogP contribution in [0.2, 0.25) is 0 Å². The molecule has 2 aromatic rings. The second-order valence-corrected chi connectivity index (χ2v) is 5.83. The highest BCUT2D eigenvalue weighted by atomic mass is 32.1. The summed E-state index contributed by atoms with van der Waals surface area (Å²) in [6, 6.07) is 2.16. The molecule has 2 rings (SSSR count). The van der Waals surface area contributed by atoms with Crippen LogP contribution in [0.25, 0.3) is 0 Å². The molecule has 2 heterocycles. The Morgan fingerprint density at radius 3 is 3.05 bits per heavy atom. The molecular weight excluding hydrogens is 280 g/mol. The van der Waals surface area contributed by atoms with E-state index in [4.69, 9.17) is 0 Å². The Balaban J connectivity index is 1.91. The number of ether oxygens (including phenoxy) is 1. The van der Waals surface area contributed by atoms with Gasteiger partial charge in [-0.15, -0.1) is 22.7 Å². The van der Waals surface area contributed by atoms with Crippen LogP contribution in [0.5, 0.6) is 0 Å². The Morgan fingerprint density at radius 1 is 1.47 bits per heavy atom. The molecule has 0 fully saturated rings. The van der Waals surface area contributed by atoms with E-state index >= 15 is 0 Å². The van der Waals surface area contributed by atoms with Gasteiger partial charge >= 0.3 is 5.97 Å². The third kappa shape index (κ3) is 3.78. The largest absolute Gasteiger partial charge is 0.469 e. The Morgan fingerprint density at radius 2 is 2.32 bits per heavy atom. The molecule has 0 bridgehead atoms. The number of esters is 1. The maximum Gasteiger partial charge on any atom is 0.311 e. The zero-order chi connectivity index (χ0) is 13.7. The van der Waals surface area contributed by atoms with Crippen molar-refractivity contribution in [2.45, 2.75) is 26.3 Å². The Bertz CT molecular complexity index is 548. The summed E-state index contributed by atoms with van der Waals surface area (Å²) in [6.07, 6.45) is 1.28. The van der Waals surface area contributed by atoms with E-state index < -0.39 is 0 Å². The van der Waals surface area contributed by atoms with Crippen molar-refractivity contribution >= 4 is 33.8 Å². The summed E-state index contributed by atoms with van der Waals surface area (Å²) in [5.74, 6) is -0.261. The lowest BCUT2D eigenvalue weighted by molar-refractivity contribution is -0.139. The second kappa shape index (κ2) is 6.68. The van der Waals surface area contributed by atoms with Crippen LogP contribution in [-0.2, 0) is 28.9 Å². The van der Waals surface area contributed by atoms with Crippen molar-refractivity contribution in [1.82, 2.24) is 4.98 Å². The number of rotatable bonds is 6. The predicted octanol–water partition coefficient (Wildman–Crippen LogP) is 3.09. The molecule has 2 aromatic heterocycles. The number of aromatic nitrogens is 1. The molecule has 0 aliphatic heterocycles. The first-order chi connectivity index (χ1) is 9.22. The van der Waals surface area contributed by atoms with Crippen LogP contribution in [0.4, 0.5) is 5.13 Å². The Labute approximate surface area is 120 Å². The van der Waals surface area contributed by atoms with Crippen LogP contribution in [0.15, 0.2) is 16.8 Å². The molecule has 0 amide bonds. The lowest BCUT2D eigenvalue weighted by Crippen LogP contribution is -2.05. The number of hydrogen-bond donors (Lipinski definition) is 1. The summed E-state index contributed by atoms with van der Waals surface area (Å²) in [5, 5.41) is 8.14. The van der Waals surface area contributed by atoms with E-state index in [1.165, 1.54) is 28.9 Å². The van der Waals surface area contributed by atoms with Gasteiger partial charge in [-0.05, 0) is 23.4 Å². The molecule has 0 spiro atoms. The van der Waals surface area contributed by atoms with Gasteiger partial charge in [-0.3, -0.25) is 4.79 Å². The molecule has 4 nitrogen and oxygen atoms in total. The van der Waals surface area contributed by atoms with E-state index in [-0.39, 0.29) is 12.4 Å². The fourth-order valence-electron chi connectivity index (χ4n) is 1.68.